The molecule has 9 aromatic rings. The number of hydrogen-bond donors (Lipinski definition) is 0. The smallest absolute Gasteiger partial charge is 0.252 e. The second-order valence-electron chi connectivity index (χ2n) is 14.9. The van der Waals surface area contributed by atoms with E-state index in [2.05, 4.69) is 234 Å². The maximum absolute atomic E-state index is 2.53. The van der Waals surface area contributed by atoms with Crippen LogP contribution in [0.5, 0.6) is 0 Å². The summed E-state index contributed by atoms with van der Waals surface area (Å²) in [6, 6.07) is 82.0. The third-order valence-corrected chi connectivity index (χ3v) is 11.6. The lowest BCUT2D eigenvalue weighted by Gasteiger charge is -2.45. The van der Waals surface area contributed by atoms with Crippen LogP contribution in [-0.2, 0) is 0 Å². The summed E-state index contributed by atoms with van der Waals surface area (Å²) in [6.07, 6.45) is 0. The minimum atomic E-state index is -0.00404. The Balaban J connectivity index is 1.22. The fourth-order valence-electron chi connectivity index (χ4n) is 9.18. The van der Waals surface area contributed by atoms with Gasteiger partial charge in [-0.15, -0.1) is 0 Å². The highest BCUT2D eigenvalue weighted by molar-refractivity contribution is 7.00. The van der Waals surface area contributed by atoms with E-state index in [9.17, 15) is 0 Å². The summed E-state index contributed by atoms with van der Waals surface area (Å²) >= 11 is 0. The zero-order chi connectivity index (χ0) is 37.7. The van der Waals surface area contributed by atoms with Gasteiger partial charge in [-0.2, -0.15) is 0 Å². The van der Waals surface area contributed by atoms with Gasteiger partial charge in [-0.25, -0.2) is 0 Å². The Morgan fingerprint density at radius 3 is 1.05 bits per heavy atom. The molecule has 0 atom stereocenters. The summed E-state index contributed by atoms with van der Waals surface area (Å²) in [4.78, 5) is 5.06. The van der Waals surface area contributed by atoms with Gasteiger partial charge in [0, 0.05) is 45.3 Å². The first-order chi connectivity index (χ1) is 28.3. The fourth-order valence-corrected chi connectivity index (χ4v) is 9.18. The van der Waals surface area contributed by atoms with Crippen LogP contribution in [0.1, 0.15) is 0 Å². The van der Waals surface area contributed by atoms with Crippen molar-refractivity contribution in [2.45, 2.75) is 0 Å². The Labute approximate surface area is 334 Å². The van der Waals surface area contributed by atoms with Gasteiger partial charge in [0.2, 0.25) is 0 Å². The predicted octanol–water partition coefficient (Wildman–Crippen LogP) is 12.4. The average Bonchev–Trinajstić information content (AvgIpc) is 3.30. The molecule has 0 aliphatic carbocycles. The lowest BCUT2D eigenvalue weighted by Crippen LogP contribution is -2.61. The van der Waals surface area contributed by atoms with Crippen molar-refractivity contribution in [3.63, 3.8) is 0 Å². The predicted molar refractivity (Wildman–Crippen MR) is 242 cm³/mol. The molecule has 0 unspecified atom stereocenters. The van der Waals surface area contributed by atoms with E-state index >= 15 is 0 Å². The van der Waals surface area contributed by atoms with E-state index in [0.717, 1.165) is 11.4 Å². The molecule has 3 heteroatoms. The topological polar surface area (TPSA) is 6.48 Å². The lowest BCUT2D eigenvalue weighted by atomic mass is 9.33. The van der Waals surface area contributed by atoms with Gasteiger partial charge in [-0.3, -0.25) is 0 Å². The summed E-state index contributed by atoms with van der Waals surface area (Å²) in [5.74, 6) is 0. The molecule has 11 rings (SSSR count). The van der Waals surface area contributed by atoms with Gasteiger partial charge in [0.05, 0.1) is 0 Å². The van der Waals surface area contributed by atoms with Gasteiger partial charge >= 0.3 is 0 Å². The van der Waals surface area contributed by atoms with Gasteiger partial charge in [-0.05, 0) is 86.2 Å². The maximum Gasteiger partial charge on any atom is 0.252 e. The summed E-state index contributed by atoms with van der Waals surface area (Å²) < 4.78 is 0. The second kappa shape index (κ2) is 13.7. The van der Waals surface area contributed by atoms with Gasteiger partial charge in [0.15, 0.2) is 0 Å². The summed E-state index contributed by atoms with van der Waals surface area (Å²) in [5, 5.41) is 0. The molecule has 0 fully saturated rings. The molecule has 2 aliphatic rings. The van der Waals surface area contributed by atoms with Gasteiger partial charge in [0.25, 0.3) is 6.71 Å². The molecule has 0 N–H and O–H groups in total. The van der Waals surface area contributed by atoms with Crippen LogP contribution in [0.4, 0.5) is 34.1 Å². The maximum atomic E-state index is 2.53. The Hall–Kier alpha value is -7.36. The number of anilines is 6. The molecule has 2 aliphatic heterocycles. The van der Waals surface area contributed by atoms with E-state index in [1.165, 1.54) is 83.6 Å². The number of fused-ring (bicyclic) bond motifs is 4. The van der Waals surface area contributed by atoms with Crippen LogP contribution in [0.3, 0.4) is 0 Å². The van der Waals surface area contributed by atoms with E-state index in [1.807, 2.05) is 0 Å². The SMILES string of the molecule is c1ccc(-c2cccc(N3c4cccc5c4B(c4cccc(-c6ccccc6)c43)c3cccc(-c4ccccc4)c3N5c3cccc(-c4ccccc4)c3)c2)cc1. The molecule has 2 nitrogen and oxygen atoms in total. The molecule has 266 valence electrons. The minimum Gasteiger partial charge on any atom is -0.311 e. The van der Waals surface area contributed by atoms with Crippen LogP contribution in [0.15, 0.2) is 224 Å². The van der Waals surface area contributed by atoms with Crippen molar-refractivity contribution in [3.05, 3.63) is 224 Å². The van der Waals surface area contributed by atoms with Gasteiger partial charge in [0.1, 0.15) is 0 Å². The van der Waals surface area contributed by atoms with Crippen LogP contribution in [0.25, 0.3) is 44.5 Å². The summed E-state index contributed by atoms with van der Waals surface area (Å²) in [6.45, 7) is -0.00404. The zero-order valence-electron chi connectivity index (χ0n) is 31.3. The molecule has 57 heavy (non-hydrogen) atoms. The number of benzene rings is 9. The quantitative estimate of drug-likeness (QED) is 0.158. The van der Waals surface area contributed by atoms with Crippen molar-refractivity contribution in [2.75, 3.05) is 9.80 Å². The van der Waals surface area contributed by atoms with Crippen molar-refractivity contribution in [2.24, 2.45) is 0 Å². The number of nitrogens with zero attached hydrogens (tertiary/aromatic N) is 2. The highest BCUT2D eigenvalue weighted by Gasteiger charge is 2.44. The molecule has 2 heterocycles. The Kier molecular flexibility index (Phi) is 7.96. The fraction of sp³-hybridized carbons (Fsp3) is 0. The van der Waals surface area contributed by atoms with Gasteiger partial charge < -0.3 is 9.80 Å². The largest absolute Gasteiger partial charge is 0.311 e. The minimum absolute atomic E-state index is 0.00404. The van der Waals surface area contributed by atoms with E-state index in [1.54, 1.807) is 0 Å². The molecular weight excluding hydrogens is 687 g/mol. The van der Waals surface area contributed by atoms with E-state index in [0.29, 0.717) is 0 Å². The van der Waals surface area contributed by atoms with Crippen molar-refractivity contribution >= 4 is 57.2 Å². The van der Waals surface area contributed by atoms with Crippen LogP contribution >= 0.6 is 0 Å². The molecule has 0 aromatic heterocycles. The normalized spacial score (nSPS) is 12.5. The first-order valence-electron chi connectivity index (χ1n) is 19.7. The van der Waals surface area contributed by atoms with Gasteiger partial charge in [-0.1, -0.05) is 188 Å². The Morgan fingerprint density at radius 1 is 0.281 bits per heavy atom. The molecule has 0 saturated carbocycles. The first kappa shape index (κ1) is 33.0. The highest BCUT2D eigenvalue weighted by atomic mass is 15.2. The first-order valence-corrected chi connectivity index (χ1v) is 19.7. The second-order valence-corrected chi connectivity index (χ2v) is 14.9. The summed E-state index contributed by atoms with van der Waals surface area (Å²) in [7, 11) is 0. The average molecular weight is 725 g/mol. The van der Waals surface area contributed by atoms with Crippen LogP contribution in [-0.4, -0.2) is 6.71 Å². The molecule has 0 saturated heterocycles. The van der Waals surface area contributed by atoms with Crippen molar-refractivity contribution in [3.8, 4) is 44.5 Å². The van der Waals surface area contributed by atoms with Crippen molar-refractivity contribution in [1.82, 2.24) is 0 Å². The molecular formula is C54H37BN2. The summed E-state index contributed by atoms with van der Waals surface area (Å²) in [5.41, 5.74) is 20.6. The van der Waals surface area contributed by atoms with Crippen LogP contribution in [0.2, 0.25) is 0 Å². The van der Waals surface area contributed by atoms with Crippen molar-refractivity contribution < 1.29 is 0 Å². The molecule has 0 amide bonds. The molecule has 0 bridgehead atoms. The van der Waals surface area contributed by atoms with E-state index in [-0.39, 0.29) is 6.71 Å². The number of hydrogen-bond acceptors (Lipinski definition) is 2. The van der Waals surface area contributed by atoms with E-state index < -0.39 is 0 Å². The van der Waals surface area contributed by atoms with Crippen molar-refractivity contribution in [1.29, 1.82) is 0 Å². The van der Waals surface area contributed by atoms with E-state index in [4.69, 9.17) is 0 Å². The third-order valence-electron chi connectivity index (χ3n) is 11.6. The number of para-hydroxylation sites is 2. The highest BCUT2D eigenvalue weighted by Crippen LogP contribution is 2.49. The van der Waals surface area contributed by atoms with Crippen LogP contribution < -0.4 is 26.2 Å². The molecule has 0 spiro atoms. The Bertz CT molecular complexity index is 2710. The molecule has 0 radical (unpaired) electrons. The monoisotopic (exact) mass is 724 g/mol. The Morgan fingerprint density at radius 2 is 0.632 bits per heavy atom. The van der Waals surface area contributed by atoms with Crippen LogP contribution in [0, 0.1) is 0 Å². The zero-order valence-corrected chi connectivity index (χ0v) is 31.3. The number of rotatable bonds is 6. The third kappa shape index (κ3) is 5.51. The molecule has 9 aromatic carbocycles. The lowest BCUT2D eigenvalue weighted by molar-refractivity contribution is 1.25. The standard InChI is InChI=1S/C54H37BN2/c1-5-18-38(19-6-1)42-26-13-28-44(36-42)56-50-34-17-35-51-52(50)55(48-32-15-30-46(53(48)56)40-22-9-3-10-23-40)49-33-16-31-47(41-24-11-4-12-25-41)54(49)57(51)45-29-14-27-43(37-45)39-20-7-2-8-21-39/h1-37H.